The topological polar surface area (TPSA) is 82.2 Å². The number of nitriles is 1. The van der Waals surface area contributed by atoms with Crippen molar-refractivity contribution < 1.29 is 9.21 Å². The average molecular weight is 499 g/mol. The molecule has 186 valence electrons. The average Bonchev–Trinajstić information content (AvgIpc) is 3.34. The second-order valence-corrected chi connectivity index (χ2v) is 9.36. The lowest BCUT2D eigenvalue weighted by Crippen LogP contribution is -2.33. The zero-order valence-electron chi connectivity index (χ0n) is 21.1. The molecule has 6 rings (SSSR count). The third-order valence-electron chi connectivity index (χ3n) is 7.15. The Labute approximate surface area is 221 Å². The maximum Gasteiger partial charge on any atom is 0.259 e. The van der Waals surface area contributed by atoms with Crippen molar-refractivity contribution in [1.82, 2.24) is 9.88 Å². The van der Waals surface area contributed by atoms with Gasteiger partial charge in [0.25, 0.3) is 5.91 Å². The summed E-state index contributed by atoms with van der Waals surface area (Å²) in [6.45, 7) is 4.58. The smallest absolute Gasteiger partial charge is 0.259 e. The van der Waals surface area contributed by atoms with Crippen LogP contribution >= 0.6 is 0 Å². The number of carbonyl (C=O) groups is 1. The number of pyridine rings is 1. The molecule has 0 fully saturated rings. The van der Waals surface area contributed by atoms with Gasteiger partial charge in [-0.3, -0.25) is 20.0 Å². The molecule has 0 saturated carbocycles. The van der Waals surface area contributed by atoms with Crippen LogP contribution in [0.4, 0.5) is 5.88 Å². The molecule has 1 aliphatic heterocycles. The summed E-state index contributed by atoms with van der Waals surface area (Å²) in [5.41, 5.74) is 5.90. The van der Waals surface area contributed by atoms with Gasteiger partial charge in [-0.2, -0.15) is 5.26 Å². The highest BCUT2D eigenvalue weighted by Gasteiger charge is 2.28. The zero-order valence-corrected chi connectivity index (χ0v) is 21.1. The van der Waals surface area contributed by atoms with Crippen LogP contribution in [0.15, 0.2) is 89.3 Å². The number of benzene rings is 3. The molecule has 2 aromatic heterocycles. The quantitative estimate of drug-likeness (QED) is 0.293. The van der Waals surface area contributed by atoms with E-state index in [0.29, 0.717) is 29.0 Å². The highest BCUT2D eigenvalue weighted by atomic mass is 16.4. The first kappa shape index (κ1) is 23.7. The van der Waals surface area contributed by atoms with E-state index in [-0.39, 0.29) is 11.8 Å². The molecular weight excluding hydrogens is 472 g/mol. The molecule has 0 unspecified atom stereocenters. The van der Waals surface area contributed by atoms with E-state index in [2.05, 4.69) is 23.2 Å². The molecule has 38 heavy (non-hydrogen) atoms. The predicted octanol–water partition coefficient (Wildman–Crippen LogP) is 6.66. The van der Waals surface area contributed by atoms with Crippen LogP contribution in [0.1, 0.15) is 34.1 Å². The second-order valence-electron chi connectivity index (χ2n) is 9.36. The van der Waals surface area contributed by atoms with Crippen LogP contribution in [0.25, 0.3) is 33.4 Å². The SMILES string of the molecule is CCN1CCc2nc3ccccc3c(C(=O)Nc3oc(-c4ccccc4)c(-c4ccccc4)c3C#N)c2C1. The number of rotatable bonds is 5. The van der Waals surface area contributed by atoms with Crippen LogP contribution < -0.4 is 5.32 Å². The molecule has 0 saturated heterocycles. The molecule has 0 bridgehead atoms. The molecule has 1 amide bonds. The minimum atomic E-state index is -0.303. The van der Waals surface area contributed by atoms with E-state index in [1.54, 1.807) is 0 Å². The van der Waals surface area contributed by atoms with E-state index >= 15 is 0 Å². The first-order valence-corrected chi connectivity index (χ1v) is 12.8. The van der Waals surface area contributed by atoms with Crippen molar-refractivity contribution in [3.8, 4) is 28.5 Å². The van der Waals surface area contributed by atoms with Crippen LogP contribution in [0.5, 0.6) is 0 Å². The molecule has 3 aromatic carbocycles. The summed E-state index contributed by atoms with van der Waals surface area (Å²) in [7, 11) is 0. The number of fused-ring (bicyclic) bond motifs is 2. The van der Waals surface area contributed by atoms with Crippen LogP contribution in [0.3, 0.4) is 0 Å². The lowest BCUT2D eigenvalue weighted by molar-refractivity contribution is 0.102. The molecule has 0 atom stereocenters. The first-order chi connectivity index (χ1) is 18.7. The van der Waals surface area contributed by atoms with Crippen molar-refractivity contribution in [3.63, 3.8) is 0 Å². The van der Waals surface area contributed by atoms with Crippen molar-refractivity contribution >= 4 is 22.7 Å². The Kier molecular flexibility index (Phi) is 6.20. The van der Waals surface area contributed by atoms with Gasteiger partial charge in [-0.25, -0.2) is 0 Å². The van der Waals surface area contributed by atoms with Gasteiger partial charge in [-0.1, -0.05) is 85.8 Å². The molecule has 1 aliphatic rings. The van der Waals surface area contributed by atoms with E-state index in [1.165, 1.54) is 0 Å². The number of anilines is 1. The van der Waals surface area contributed by atoms with Gasteiger partial charge in [-0.05, 0) is 18.2 Å². The molecule has 3 heterocycles. The van der Waals surface area contributed by atoms with Crippen molar-refractivity contribution in [1.29, 1.82) is 5.26 Å². The minimum Gasteiger partial charge on any atom is -0.438 e. The van der Waals surface area contributed by atoms with Gasteiger partial charge < -0.3 is 4.42 Å². The summed E-state index contributed by atoms with van der Waals surface area (Å²) in [6, 6.07) is 29.3. The molecule has 0 spiro atoms. The largest absolute Gasteiger partial charge is 0.438 e. The number of para-hydroxylation sites is 1. The maximum absolute atomic E-state index is 14.0. The molecule has 5 aromatic rings. The third-order valence-corrected chi connectivity index (χ3v) is 7.15. The fourth-order valence-electron chi connectivity index (χ4n) is 5.24. The lowest BCUT2D eigenvalue weighted by atomic mass is 9.95. The third kappa shape index (κ3) is 4.13. The van der Waals surface area contributed by atoms with Gasteiger partial charge in [0.15, 0.2) is 0 Å². The number of likely N-dealkylation sites (N-methyl/N-ethyl adjacent to an activating group) is 1. The van der Waals surface area contributed by atoms with Crippen LogP contribution in [0, 0.1) is 11.3 Å². The van der Waals surface area contributed by atoms with E-state index in [4.69, 9.17) is 9.40 Å². The predicted molar refractivity (Wildman–Crippen MR) is 149 cm³/mol. The standard InChI is InChI=1S/C32H26N4O2/c1-2-36-18-17-27-25(20-36)29(23-15-9-10-16-26(23)34-27)31(37)35-32-24(19-33)28(21-11-5-3-6-12-21)30(38-32)22-13-7-4-8-14-22/h3-16H,2,17-18,20H2,1H3,(H,35,37). The van der Waals surface area contributed by atoms with Gasteiger partial charge in [0.1, 0.15) is 17.4 Å². The normalized spacial score (nSPS) is 13.2. The van der Waals surface area contributed by atoms with Crippen LogP contribution in [-0.2, 0) is 13.0 Å². The Morgan fingerprint density at radius 2 is 1.68 bits per heavy atom. The summed E-state index contributed by atoms with van der Waals surface area (Å²) in [5, 5.41) is 14.0. The second kappa shape index (κ2) is 9.97. The lowest BCUT2D eigenvalue weighted by Gasteiger charge is -2.29. The highest BCUT2D eigenvalue weighted by molar-refractivity contribution is 6.14. The number of hydrogen-bond acceptors (Lipinski definition) is 5. The summed E-state index contributed by atoms with van der Waals surface area (Å²) < 4.78 is 6.29. The van der Waals surface area contributed by atoms with E-state index < -0.39 is 0 Å². The number of furan rings is 1. The number of amides is 1. The molecule has 0 radical (unpaired) electrons. The van der Waals surface area contributed by atoms with Crippen molar-refractivity contribution in [2.45, 2.75) is 19.9 Å². The Morgan fingerprint density at radius 1 is 1.00 bits per heavy atom. The minimum absolute atomic E-state index is 0.146. The Hall–Kier alpha value is -4.73. The highest BCUT2D eigenvalue weighted by Crippen LogP contribution is 2.41. The number of carbonyl (C=O) groups excluding carboxylic acids is 1. The zero-order chi connectivity index (χ0) is 26.1. The number of hydrogen-bond donors (Lipinski definition) is 1. The van der Waals surface area contributed by atoms with Crippen molar-refractivity contribution in [3.05, 3.63) is 107 Å². The van der Waals surface area contributed by atoms with Gasteiger partial charge in [0.05, 0.1) is 11.1 Å². The van der Waals surface area contributed by atoms with E-state index in [1.807, 2.05) is 84.9 Å². The number of aromatic nitrogens is 1. The number of nitrogens with zero attached hydrogens (tertiary/aromatic N) is 3. The monoisotopic (exact) mass is 498 g/mol. The summed E-state index contributed by atoms with van der Waals surface area (Å²) in [4.78, 5) is 21.2. The van der Waals surface area contributed by atoms with Gasteiger partial charge in [0, 0.05) is 47.3 Å². The molecule has 6 heteroatoms. The van der Waals surface area contributed by atoms with Crippen molar-refractivity contribution in [2.24, 2.45) is 0 Å². The fraction of sp³-hybridized carbons (Fsp3) is 0.156. The molecule has 6 nitrogen and oxygen atoms in total. The van der Waals surface area contributed by atoms with E-state index in [9.17, 15) is 10.1 Å². The molecule has 0 aliphatic carbocycles. The Balaban J connectivity index is 1.50. The van der Waals surface area contributed by atoms with E-state index in [0.717, 1.165) is 52.8 Å². The molecule has 1 N–H and O–H groups in total. The van der Waals surface area contributed by atoms with Crippen LogP contribution in [0.2, 0.25) is 0 Å². The fourth-order valence-corrected chi connectivity index (χ4v) is 5.24. The van der Waals surface area contributed by atoms with Crippen molar-refractivity contribution in [2.75, 3.05) is 18.4 Å². The first-order valence-electron chi connectivity index (χ1n) is 12.8. The Bertz CT molecular complexity index is 1680. The molecular formula is C32H26N4O2. The van der Waals surface area contributed by atoms with Gasteiger partial charge >= 0.3 is 0 Å². The van der Waals surface area contributed by atoms with Gasteiger partial charge in [-0.15, -0.1) is 0 Å². The number of nitrogens with one attached hydrogen (secondary N) is 1. The summed E-state index contributed by atoms with van der Waals surface area (Å²) in [6.07, 6.45) is 0.787. The van der Waals surface area contributed by atoms with Gasteiger partial charge in [0.2, 0.25) is 5.88 Å². The van der Waals surface area contributed by atoms with Crippen LogP contribution in [-0.4, -0.2) is 28.9 Å². The maximum atomic E-state index is 14.0. The summed E-state index contributed by atoms with van der Waals surface area (Å²) in [5.74, 6) is 0.387. The Morgan fingerprint density at radius 3 is 2.39 bits per heavy atom. The summed E-state index contributed by atoms with van der Waals surface area (Å²) >= 11 is 0.